The summed E-state index contributed by atoms with van der Waals surface area (Å²) in [5, 5.41) is 0. The Morgan fingerprint density at radius 1 is 1.50 bits per heavy atom. The fourth-order valence-corrected chi connectivity index (χ4v) is 1.41. The summed E-state index contributed by atoms with van der Waals surface area (Å²) in [7, 11) is 0. The second-order valence-corrected chi connectivity index (χ2v) is 4.54. The Bertz CT molecular complexity index is 334. The first-order valence-corrected chi connectivity index (χ1v) is 6.02. The number of carbonyl (C=O) groups excluding carboxylic acids is 1. The van der Waals surface area contributed by atoms with Gasteiger partial charge in [0.1, 0.15) is 0 Å². The molecule has 14 heavy (non-hydrogen) atoms. The van der Waals surface area contributed by atoms with Crippen molar-refractivity contribution < 1.29 is 4.79 Å². The van der Waals surface area contributed by atoms with Gasteiger partial charge in [-0.2, -0.15) is 0 Å². The lowest BCUT2D eigenvalue weighted by molar-refractivity contribution is 0.100. The summed E-state index contributed by atoms with van der Waals surface area (Å²) in [5.41, 5.74) is 2.20. The molecule has 0 spiro atoms. The minimum atomic E-state index is -0.196. The highest BCUT2D eigenvalue weighted by atomic mass is 79.9. The zero-order valence-corrected chi connectivity index (χ0v) is 10.1. The topological polar surface area (TPSA) is 29.4 Å². The van der Waals surface area contributed by atoms with Crippen LogP contribution in [0.4, 0.5) is 0 Å². The van der Waals surface area contributed by atoms with Gasteiger partial charge in [-0.05, 0) is 30.0 Å². The van der Waals surface area contributed by atoms with Gasteiger partial charge in [-0.15, -0.1) is 11.8 Å². The third-order valence-electron chi connectivity index (χ3n) is 1.50. The van der Waals surface area contributed by atoms with Crippen molar-refractivity contribution in [2.45, 2.75) is 6.92 Å². The Morgan fingerprint density at radius 3 is 2.71 bits per heavy atom. The van der Waals surface area contributed by atoms with Crippen LogP contribution in [0.2, 0.25) is 0 Å². The molecule has 0 atom stereocenters. The summed E-state index contributed by atoms with van der Waals surface area (Å²) in [6, 6.07) is 7.16. The van der Waals surface area contributed by atoms with Crippen molar-refractivity contribution in [3.63, 3.8) is 0 Å². The van der Waals surface area contributed by atoms with Crippen molar-refractivity contribution in [1.82, 2.24) is 0 Å². The molecule has 0 heterocycles. The van der Waals surface area contributed by atoms with E-state index in [1.54, 1.807) is 17.7 Å². The van der Waals surface area contributed by atoms with E-state index < -0.39 is 0 Å². The molecule has 0 aliphatic heterocycles. The van der Waals surface area contributed by atoms with E-state index in [9.17, 15) is 4.79 Å². The standard InChI is InChI=1S/C10H10BrNOS/c1-2-14-7-12-10(13)8-3-5-9(11)6-4-8/h3-7H,2H2,1H3. The molecule has 1 aromatic carbocycles. The first-order chi connectivity index (χ1) is 6.74. The van der Waals surface area contributed by atoms with E-state index in [1.165, 1.54) is 11.8 Å². The van der Waals surface area contributed by atoms with Crippen LogP contribution in [0.1, 0.15) is 17.3 Å². The van der Waals surface area contributed by atoms with Crippen molar-refractivity contribution in [3.05, 3.63) is 34.3 Å². The third kappa shape index (κ3) is 3.64. The van der Waals surface area contributed by atoms with Gasteiger partial charge in [-0.1, -0.05) is 22.9 Å². The highest BCUT2D eigenvalue weighted by molar-refractivity contribution is 9.10. The maximum absolute atomic E-state index is 11.4. The van der Waals surface area contributed by atoms with E-state index >= 15 is 0 Å². The molecule has 74 valence electrons. The zero-order chi connectivity index (χ0) is 10.4. The summed E-state index contributed by atoms with van der Waals surface area (Å²) >= 11 is 4.82. The molecule has 0 aliphatic rings. The Balaban J connectivity index is 2.65. The van der Waals surface area contributed by atoms with Crippen LogP contribution in [0.25, 0.3) is 0 Å². The van der Waals surface area contributed by atoms with Crippen molar-refractivity contribution >= 4 is 39.1 Å². The molecule has 1 amide bonds. The molecule has 1 aromatic rings. The number of benzene rings is 1. The maximum Gasteiger partial charge on any atom is 0.277 e. The smallest absolute Gasteiger partial charge is 0.267 e. The minimum absolute atomic E-state index is 0.196. The molecule has 0 saturated carbocycles. The minimum Gasteiger partial charge on any atom is -0.267 e. The number of aliphatic imine (C=N–C) groups is 1. The van der Waals surface area contributed by atoms with Gasteiger partial charge < -0.3 is 0 Å². The molecular weight excluding hydrogens is 262 g/mol. The number of halogens is 1. The molecule has 4 heteroatoms. The lowest BCUT2D eigenvalue weighted by Gasteiger charge is -1.94. The van der Waals surface area contributed by atoms with Crippen LogP contribution in [0.5, 0.6) is 0 Å². The first-order valence-electron chi connectivity index (χ1n) is 4.18. The van der Waals surface area contributed by atoms with E-state index in [-0.39, 0.29) is 5.91 Å². The molecule has 0 radical (unpaired) electrons. The van der Waals surface area contributed by atoms with E-state index in [4.69, 9.17) is 0 Å². The monoisotopic (exact) mass is 271 g/mol. The lowest BCUT2D eigenvalue weighted by Crippen LogP contribution is -1.93. The fraction of sp³-hybridized carbons (Fsp3) is 0.200. The molecule has 0 N–H and O–H groups in total. The predicted octanol–water partition coefficient (Wildman–Crippen LogP) is 3.37. The molecule has 0 saturated heterocycles. The average molecular weight is 272 g/mol. The second kappa shape index (κ2) is 5.98. The Kier molecular flexibility index (Phi) is 4.90. The van der Waals surface area contributed by atoms with Crippen LogP contribution < -0.4 is 0 Å². The molecular formula is C10H10BrNOS. The van der Waals surface area contributed by atoms with Crippen LogP contribution in [0.3, 0.4) is 0 Å². The van der Waals surface area contributed by atoms with Gasteiger partial charge in [0.2, 0.25) is 0 Å². The Hall–Kier alpha value is -0.610. The number of carbonyl (C=O) groups is 1. The number of hydrogen-bond donors (Lipinski definition) is 0. The van der Waals surface area contributed by atoms with E-state index in [1.807, 2.05) is 19.1 Å². The largest absolute Gasteiger partial charge is 0.277 e. The molecule has 1 rings (SSSR count). The Morgan fingerprint density at radius 2 is 2.14 bits per heavy atom. The van der Waals surface area contributed by atoms with Gasteiger partial charge in [-0.25, -0.2) is 4.99 Å². The predicted molar refractivity (Wildman–Crippen MR) is 65.1 cm³/mol. The first kappa shape index (κ1) is 11.5. The number of hydrogen-bond acceptors (Lipinski definition) is 2. The summed E-state index contributed by atoms with van der Waals surface area (Å²) in [6.07, 6.45) is 0. The maximum atomic E-state index is 11.4. The SMILES string of the molecule is CCSC=NC(=O)c1ccc(Br)cc1. The van der Waals surface area contributed by atoms with Gasteiger partial charge in [-0.3, -0.25) is 4.79 Å². The van der Waals surface area contributed by atoms with Crippen molar-refractivity contribution in [2.75, 3.05) is 5.75 Å². The molecule has 0 fully saturated rings. The summed E-state index contributed by atoms with van der Waals surface area (Å²) < 4.78 is 0.959. The molecule has 0 bridgehead atoms. The third-order valence-corrected chi connectivity index (χ3v) is 2.62. The van der Waals surface area contributed by atoms with Crippen molar-refractivity contribution in [1.29, 1.82) is 0 Å². The van der Waals surface area contributed by atoms with Crippen molar-refractivity contribution in [2.24, 2.45) is 4.99 Å². The van der Waals surface area contributed by atoms with Gasteiger partial charge in [0, 0.05) is 10.0 Å². The molecule has 2 nitrogen and oxygen atoms in total. The van der Waals surface area contributed by atoms with Gasteiger partial charge >= 0.3 is 0 Å². The summed E-state index contributed by atoms with van der Waals surface area (Å²) in [4.78, 5) is 15.2. The van der Waals surface area contributed by atoms with Gasteiger partial charge in [0.15, 0.2) is 0 Å². The van der Waals surface area contributed by atoms with Crippen LogP contribution in [-0.2, 0) is 0 Å². The average Bonchev–Trinajstić information content (AvgIpc) is 2.19. The number of thioether (sulfide) groups is 1. The molecule has 0 unspecified atom stereocenters. The number of rotatable bonds is 3. The molecule has 0 aromatic heterocycles. The van der Waals surface area contributed by atoms with Crippen molar-refractivity contribution in [3.8, 4) is 0 Å². The molecule has 0 aliphatic carbocycles. The summed E-state index contributed by atoms with van der Waals surface area (Å²) in [6.45, 7) is 2.01. The lowest BCUT2D eigenvalue weighted by atomic mass is 10.2. The highest BCUT2D eigenvalue weighted by Crippen LogP contribution is 2.11. The fourth-order valence-electron chi connectivity index (χ4n) is 0.827. The Labute approximate surface area is 95.9 Å². The summed E-state index contributed by atoms with van der Waals surface area (Å²) in [5.74, 6) is 0.732. The van der Waals surface area contributed by atoms with E-state index in [2.05, 4.69) is 20.9 Å². The quantitative estimate of drug-likeness (QED) is 0.623. The number of amides is 1. The van der Waals surface area contributed by atoms with Crippen LogP contribution >= 0.6 is 27.7 Å². The van der Waals surface area contributed by atoms with Crippen LogP contribution in [0, 0.1) is 0 Å². The van der Waals surface area contributed by atoms with Crippen LogP contribution in [-0.4, -0.2) is 17.2 Å². The second-order valence-electron chi connectivity index (χ2n) is 2.50. The van der Waals surface area contributed by atoms with Gasteiger partial charge in [0.05, 0.1) is 5.55 Å². The van der Waals surface area contributed by atoms with E-state index in [0.29, 0.717) is 5.56 Å². The normalized spacial score (nSPS) is 10.7. The van der Waals surface area contributed by atoms with E-state index in [0.717, 1.165) is 10.2 Å². The van der Waals surface area contributed by atoms with Crippen LogP contribution in [0.15, 0.2) is 33.7 Å². The zero-order valence-electron chi connectivity index (χ0n) is 7.74. The highest BCUT2D eigenvalue weighted by Gasteiger charge is 2.01. The van der Waals surface area contributed by atoms with Gasteiger partial charge in [0.25, 0.3) is 5.91 Å². The number of nitrogens with zero attached hydrogens (tertiary/aromatic N) is 1.